The van der Waals surface area contributed by atoms with Gasteiger partial charge in [0.25, 0.3) is 16.1 Å². The zero-order chi connectivity index (χ0) is 10.4. The van der Waals surface area contributed by atoms with Crippen molar-refractivity contribution >= 4 is 22.2 Å². The molecule has 0 amide bonds. The minimum Gasteiger partial charge on any atom is -0.210 e. The molecule has 4 nitrogen and oxygen atoms in total. The Kier molecular flexibility index (Phi) is 3.34. The van der Waals surface area contributed by atoms with Crippen LogP contribution < -0.4 is 0 Å². The summed E-state index contributed by atoms with van der Waals surface area (Å²) in [5.74, 6) is 0. The van der Waals surface area contributed by atoms with Gasteiger partial charge in [0, 0.05) is 0 Å². The fourth-order valence-corrected chi connectivity index (χ4v) is 1.30. The fourth-order valence-electron chi connectivity index (χ4n) is 0.811. The van der Waals surface area contributed by atoms with E-state index in [-0.39, 0.29) is 0 Å². The molecule has 0 aliphatic rings. The van der Waals surface area contributed by atoms with Gasteiger partial charge in [-0.1, -0.05) is 34.7 Å². The van der Waals surface area contributed by atoms with Crippen LogP contribution in [-0.2, 0) is 14.8 Å². The van der Waals surface area contributed by atoms with Crippen molar-refractivity contribution in [1.82, 2.24) is 0 Å². The molecule has 0 aliphatic carbocycles. The second-order valence-corrected chi connectivity index (χ2v) is 3.90. The highest BCUT2D eigenvalue weighted by atomic mass is 32.2. The van der Waals surface area contributed by atoms with Gasteiger partial charge in [0.1, 0.15) is 0 Å². The van der Waals surface area contributed by atoms with Crippen LogP contribution in [0.1, 0.15) is 5.56 Å². The van der Waals surface area contributed by atoms with Gasteiger partial charge in [-0.15, -0.1) is 0 Å². The van der Waals surface area contributed by atoms with Crippen LogP contribution in [-0.4, -0.2) is 14.5 Å². The first-order chi connectivity index (χ1) is 6.64. The van der Waals surface area contributed by atoms with Gasteiger partial charge in [-0.05, 0) is 11.6 Å². The second-order valence-electron chi connectivity index (χ2n) is 2.41. The Morgan fingerprint density at radius 1 is 1.21 bits per heavy atom. The third-order valence-corrected chi connectivity index (χ3v) is 2.21. The Morgan fingerprint density at radius 3 is 2.43 bits per heavy atom. The molecule has 0 bridgehead atoms. The molecule has 0 atom stereocenters. The van der Waals surface area contributed by atoms with Crippen LogP contribution in [0.2, 0.25) is 0 Å². The standard InChI is InChI=1S/C9H7NO3S/c11-8-10-14(12,13)7-6-9-4-2-1-3-5-9/h1-7H/b7-6+. The van der Waals surface area contributed by atoms with Crippen molar-refractivity contribution in [2.24, 2.45) is 4.40 Å². The third kappa shape index (κ3) is 3.35. The number of carbonyl (C=O) groups excluding carboxylic acids is 1. The van der Waals surface area contributed by atoms with E-state index in [1.807, 2.05) is 6.07 Å². The fraction of sp³-hybridized carbons (Fsp3) is 0. The topological polar surface area (TPSA) is 63.6 Å². The van der Waals surface area contributed by atoms with E-state index >= 15 is 0 Å². The third-order valence-electron chi connectivity index (χ3n) is 1.40. The molecule has 1 aromatic rings. The van der Waals surface area contributed by atoms with Crippen LogP contribution >= 0.6 is 0 Å². The Bertz CT molecular complexity index is 470. The summed E-state index contributed by atoms with van der Waals surface area (Å²) in [5.41, 5.74) is 0.720. The minimum atomic E-state index is -3.81. The molecule has 0 saturated carbocycles. The second kappa shape index (κ2) is 4.50. The Morgan fingerprint density at radius 2 is 1.86 bits per heavy atom. The van der Waals surface area contributed by atoms with Crippen LogP contribution in [0, 0.1) is 0 Å². The van der Waals surface area contributed by atoms with Gasteiger partial charge in [-0.25, -0.2) is 4.79 Å². The number of benzene rings is 1. The predicted octanol–water partition coefficient (Wildman–Crippen LogP) is 1.32. The maximum Gasteiger partial charge on any atom is 0.285 e. The molecule has 0 fully saturated rings. The van der Waals surface area contributed by atoms with Crippen LogP contribution in [0.15, 0.2) is 40.1 Å². The molecule has 0 N–H and O–H groups in total. The van der Waals surface area contributed by atoms with Gasteiger partial charge in [-0.3, -0.25) is 0 Å². The van der Waals surface area contributed by atoms with Gasteiger partial charge in [0.05, 0.1) is 5.41 Å². The van der Waals surface area contributed by atoms with Crippen LogP contribution in [0.25, 0.3) is 6.08 Å². The summed E-state index contributed by atoms with van der Waals surface area (Å²) in [5, 5.41) is 0.854. The molecule has 1 rings (SSSR count). The molecular formula is C9H7NO3S. The molecule has 0 unspecified atom stereocenters. The number of sulfonamides is 1. The molecule has 0 radical (unpaired) electrons. The normalized spacial score (nSPS) is 11.1. The lowest BCUT2D eigenvalue weighted by atomic mass is 10.2. The lowest BCUT2D eigenvalue weighted by Crippen LogP contribution is -1.87. The molecule has 72 valence electrons. The van der Waals surface area contributed by atoms with Crippen molar-refractivity contribution in [2.45, 2.75) is 0 Å². The number of rotatable bonds is 3. The Labute approximate surface area is 81.7 Å². The number of hydrogen-bond acceptors (Lipinski definition) is 3. The van der Waals surface area contributed by atoms with E-state index in [0.717, 1.165) is 17.1 Å². The molecule has 0 spiro atoms. The molecule has 0 saturated heterocycles. The van der Waals surface area contributed by atoms with E-state index in [1.165, 1.54) is 6.08 Å². The maximum atomic E-state index is 10.9. The van der Waals surface area contributed by atoms with E-state index < -0.39 is 10.0 Å². The van der Waals surface area contributed by atoms with Crippen LogP contribution in [0.4, 0.5) is 0 Å². The quantitative estimate of drug-likeness (QED) is 0.557. The lowest BCUT2D eigenvalue weighted by Gasteiger charge is -1.89. The molecule has 0 aliphatic heterocycles. The van der Waals surface area contributed by atoms with Crippen molar-refractivity contribution in [2.75, 3.05) is 0 Å². The van der Waals surface area contributed by atoms with Gasteiger partial charge in [0.15, 0.2) is 0 Å². The molecule has 14 heavy (non-hydrogen) atoms. The molecule has 1 aromatic carbocycles. The van der Waals surface area contributed by atoms with Crippen LogP contribution in [0.3, 0.4) is 0 Å². The van der Waals surface area contributed by atoms with Gasteiger partial charge in [-0.2, -0.15) is 8.42 Å². The molecular weight excluding hydrogens is 202 g/mol. The lowest BCUT2D eigenvalue weighted by molar-refractivity contribution is 0.564. The molecule has 0 heterocycles. The van der Waals surface area contributed by atoms with Gasteiger partial charge < -0.3 is 0 Å². The zero-order valence-electron chi connectivity index (χ0n) is 7.12. The summed E-state index contributed by atoms with van der Waals surface area (Å²) in [7, 11) is -3.81. The van der Waals surface area contributed by atoms with Crippen LogP contribution in [0.5, 0.6) is 0 Å². The maximum absolute atomic E-state index is 10.9. The monoisotopic (exact) mass is 209 g/mol. The van der Waals surface area contributed by atoms with Gasteiger partial charge >= 0.3 is 0 Å². The number of hydrogen-bond donors (Lipinski definition) is 0. The highest BCUT2D eigenvalue weighted by molar-refractivity contribution is 7.93. The first-order valence-corrected chi connectivity index (χ1v) is 5.22. The zero-order valence-corrected chi connectivity index (χ0v) is 7.94. The van der Waals surface area contributed by atoms with E-state index in [9.17, 15) is 13.2 Å². The summed E-state index contributed by atoms with van der Waals surface area (Å²) >= 11 is 0. The summed E-state index contributed by atoms with van der Waals surface area (Å²) < 4.78 is 24.4. The summed E-state index contributed by atoms with van der Waals surface area (Å²) in [6, 6.07) is 8.83. The summed E-state index contributed by atoms with van der Waals surface area (Å²) in [4.78, 5) is 9.73. The average molecular weight is 209 g/mol. The summed E-state index contributed by atoms with van der Waals surface area (Å²) in [6.07, 6.45) is 2.34. The van der Waals surface area contributed by atoms with E-state index in [2.05, 4.69) is 4.40 Å². The Hall–Kier alpha value is -1.71. The van der Waals surface area contributed by atoms with E-state index in [4.69, 9.17) is 0 Å². The van der Waals surface area contributed by atoms with E-state index in [1.54, 1.807) is 24.3 Å². The number of isocyanates is 1. The highest BCUT2D eigenvalue weighted by Crippen LogP contribution is 2.03. The van der Waals surface area contributed by atoms with Crippen molar-refractivity contribution in [3.63, 3.8) is 0 Å². The van der Waals surface area contributed by atoms with Gasteiger partial charge in [0.2, 0.25) is 0 Å². The molecule has 0 aromatic heterocycles. The Balaban J connectivity index is 2.90. The van der Waals surface area contributed by atoms with Crippen molar-refractivity contribution in [1.29, 1.82) is 0 Å². The molecule has 5 heteroatoms. The minimum absolute atomic E-state index is 0.720. The van der Waals surface area contributed by atoms with Crippen molar-refractivity contribution in [3.8, 4) is 0 Å². The van der Waals surface area contributed by atoms with E-state index in [0.29, 0.717) is 0 Å². The first kappa shape index (κ1) is 10.4. The largest absolute Gasteiger partial charge is 0.285 e. The predicted molar refractivity (Wildman–Crippen MR) is 52.5 cm³/mol. The summed E-state index contributed by atoms with van der Waals surface area (Å²) in [6.45, 7) is 0. The smallest absolute Gasteiger partial charge is 0.210 e. The SMILES string of the molecule is O=C=NS(=O)(=O)/C=C/c1ccccc1. The highest BCUT2D eigenvalue weighted by Gasteiger charge is 1.99. The number of nitrogens with zero attached hydrogens (tertiary/aromatic N) is 1. The van der Waals surface area contributed by atoms with Crippen molar-refractivity contribution < 1.29 is 13.2 Å². The van der Waals surface area contributed by atoms with Crippen molar-refractivity contribution in [3.05, 3.63) is 41.3 Å². The average Bonchev–Trinajstić information content (AvgIpc) is 2.17. The first-order valence-electron chi connectivity index (χ1n) is 3.71.